The van der Waals surface area contributed by atoms with Gasteiger partial charge in [0, 0.05) is 39.3 Å². The van der Waals surface area contributed by atoms with E-state index < -0.39 is 0 Å². The molecule has 4 heteroatoms. The first-order valence-electron chi connectivity index (χ1n) is 19.2. The minimum atomic E-state index is -0.268. The quantitative estimate of drug-likeness (QED) is 0.171. The smallest absolute Gasteiger partial charge is 0.160 e. The highest BCUT2D eigenvalue weighted by molar-refractivity contribution is 5.96. The van der Waals surface area contributed by atoms with Crippen molar-refractivity contribution >= 4 is 10.9 Å². The molecule has 0 saturated heterocycles. The molecule has 2 heterocycles. The van der Waals surface area contributed by atoms with Gasteiger partial charge in [-0.1, -0.05) is 141 Å². The number of benzene rings is 7. The van der Waals surface area contributed by atoms with Gasteiger partial charge in [0.1, 0.15) is 0 Å². The molecular formula is C53H36N4. The molecule has 57 heavy (non-hydrogen) atoms. The highest BCUT2D eigenvalue weighted by atomic mass is 14.9. The second-order valence-corrected chi connectivity index (χ2v) is 15.2. The van der Waals surface area contributed by atoms with Crippen LogP contribution in [0.5, 0.6) is 0 Å². The van der Waals surface area contributed by atoms with E-state index in [2.05, 4.69) is 153 Å². The van der Waals surface area contributed by atoms with E-state index >= 15 is 0 Å². The molecule has 1 aliphatic rings. The normalized spacial score (nSPS) is 12.5. The lowest BCUT2D eigenvalue weighted by molar-refractivity contribution is 0.660. The molecule has 1 aliphatic carbocycles. The van der Waals surface area contributed by atoms with Gasteiger partial charge >= 0.3 is 0 Å². The standard InChI is InChI=1S/C53H36N4/c1-53(2)47-27-34(33-54)18-24-45(47)46-25-23-40(31-48(46)53)41-28-42(44-17-9-15-38-16-10-26-55-51(38)44)30-43(29-41)50-32-49(56-52(57-50)39-13-7-4-8-14-39)37-21-19-36(20-22-37)35-11-5-3-6-12-35/h3-32H,1-2H3. The lowest BCUT2D eigenvalue weighted by Gasteiger charge is -2.22. The van der Waals surface area contributed by atoms with E-state index in [1.165, 1.54) is 27.8 Å². The van der Waals surface area contributed by atoms with E-state index in [1.807, 2.05) is 48.7 Å². The van der Waals surface area contributed by atoms with E-state index in [-0.39, 0.29) is 5.41 Å². The fourth-order valence-electron chi connectivity index (χ4n) is 8.34. The van der Waals surface area contributed by atoms with Crippen LogP contribution < -0.4 is 0 Å². The Bertz CT molecular complexity index is 3030. The van der Waals surface area contributed by atoms with Gasteiger partial charge in [-0.25, -0.2) is 9.97 Å². The van der Waals surface area contributed by atoms with E-state index in [0.29, 0.717) is 11.4 Å². The maximum absolute atomic E-state index is 9.71. The Morgan fingerprint density at radius 2 is 1.04 bits per heavy atom. The van der Waals surface area contributed by atoms with Crippen LogP contribution in [0.25, 0.3) is 89.3 Å². The van der Waals surface area contributed by atoms with Crippen molar-refractivity contribution in [3.63, 3.8) is 0 Å². The summed E-state index contributed by atoms with van der Waals surface area (Å²) in [4.78, 5) is 15.3. The average Bonchev–Trinajstić information content (AvgIpc) is 3.51. The molecule has 0 saturated carbocycles. The zero-order chi connectivity index (χ0) is 38.5. The molecule has 0 bridgehead atoms. The highest BCUT2D eigenvalue weighted by Gasteiger charge is 2.36. The molecule has 0 aliphatic heterocycles. The average molecular weight is 729 g/mol. The fourth-order valence-corrected chi connectivity index (χ4v) is 8.34. The topological polar surface area (TPSA) is 62.5 Å². The number of nitrogens with zero attached hydrogens (tertiary/aromatic N) is 4. The Labute approximate surface area is 332 Å². The first-order chi connectivity index (χ1) is 27.9. The summed E-state index contributed by atoms with van der Waals surface area (Å²) in [6.07, 6.45) is 1.86. The molecule has 0 unspecified atom stereocenters. The van der Waals surface area contributed by atoms with Crippen molar-refractivity contribution in [2.45, 2.75) is 19.3 Å². The minimum Gasteiger partial charge on any atom is -0.256 e. The molecule has 7 aromatic carbocycles. The van der Waals surface area contributed by atoms with Crippen molar-refractivity contribution in [1.82, 2.24) is 15.0 Å². The lowest BCUT2D eigenvalue weighted by Crippen LogP contribution is -2.15. The summed E-state index contributed by atoms with van der Waals surface area (Å²) in [5, 5.41) is 10.8. The van der Waals surface area contributed by atoms with Crippen LogP contribution >= 0.6 is 0 Å². The molecule has 268 valence electrons. The third-order valence-corrected chi connectivity index (χ3v) is 11.4. The predicted octanol–water partition coefficient (Wildman–Crippen LogP) is 13.2. The summed E-state index contributed by atoms with van der Waals surface area (Å²) in [7, 11) is 0. The summed E-state index contributed by atoms with van der Waals surface area (Å²) in [6.45, 7) is 4.51. The summed E-state index contributed by atoms with van der Waals surface area (Å²) in [5.41, 5.74) is 17.5. The molecule has 0 atom stereocenters. The van der Waals surface area contributed by atoms with Crippen LogP contribution in [0.3, 0.4) is 0 Å². The van der Waals surface area contributed by atoms with Gasteiger partial charge in [-0.15, -0.1) is 0 Å². The van der Waals surface area contributed by atoms with Gasteiger partial charge in [-0.3, -0.25) is 4.98 Å². The largest absolute Gasteiger partial charge is 0.256 e. The molecule has 0 amide bonds. The maximum atomic E-state index is 9.71. The minimum absolute atomic E-state index is 0.268. The van der Waals surface area contributed by atoms with Gasteiger partial charge in [0.15, 0.2) is 5.82 Å². The van der Waals surface area contributed by atoms with E-state index in [4.69, 9.17) is 15.0 Å². The summed E-state index contributed by atoms with van der Waals surface area (Å²) < 4.78 is 0. The number of nitriles is 1. The number of hydrogen-bond donors (Lipinski definition) is 0. The molecule has 10 rings (SSSR count). The third-order valence-electron chi connectivity index (χ3n) is 11.4. The van der Waals surface area contributed by atoms with Crippen molar-refractivity contribution in [1.29, 1.82) is 5.26 Å². The van der Waals surface area contributed by atoms with Crippen LogP contribution in [-0.4, -0.2) is 15.0 Å². The van der Waals surface area contributed by atoms with Crippen LogP contribution in [0.4, 0.5) is 0 Å². The zero-order valence-electron chi connectivity index (χ0n) is 31.6. The van der Waals surface area contributed by atoms with Crippen molar-refractivity contribution in [3.8, 4) is 84.5 Å². The summed E-state index contributed by atoms with van der Waals surface area (Å²) in [5.74, 6) is 0.669. The van der Waals surface area contributed by atoms with Crippen LogP contribution in [-0.2, 0) is 5.41 Å². The molecule has 0 radical (unpaired) electrons. The Balaban J connectivity index is 1.17. The van der Waals surface area contributed by atoms with Crippen LogP contribution in [0.1, 0.15) is 30.5 Å². The number of pyridine rings is 1. The van der Waals surface area contributed by atoms with Crippen molar-refractivity contribution in [2.24, 2.45) is 0 Å². The Kier molecular flexibility index (Phi) is 8.17. The van der Waals surface area contributed by atoms with Gasteiger partial charge in [0.25, 0.3) is 0 Å². The second kappa shape index (κ2) is 13.7. The molecular weight excluding hydrogens is 693 g/mol. The Morgan fingerprint density at radius 1 is 0.439 bits per heavy atom. The third kappa shape index (κ3) is 6.07. The van der Waals surface area contributed by atoms with Gasteiger partial charge in [0.05, 0.1) is 28.5 Å². The number of aromatic nitrogens is 3. The van der Waals surface area contributed by atoms with Gasteiger partial charge in [0.2, 0.25) is 0 Å². The number of hydrogen-bond acceptors (Lipinski definition) is 4. The zero-order valence-corrected chi connectivity index (χ0v) is 31.6. The first kappa shape index (κ1) is 34.0. The van der Waals surface area contributed by atoms with E-state index in [9.17, 15) is 5.26 Å². The first-order valence-corrected chi connectivity index (χ1v) is 19.2. The van der Waals surface area contributed by atoms with Gasteiger partial charge < -0.3 is 0 Å². The van der Waals surface area contributed by atoms with Gasteiger partial charge in [-0.2, -0.15) is 5.26 Å². The van der Waals surface area contributed by atoms with Crippen LogP contribution in [0.2, 0.25) is 0 Å². The molecule has 2 aromatic heterocycles. The summed E-state index contributed by atoms with van der Waals surface area (Å²) in [6, 6.07) is 63.8. The Hall–Kier alpha value is -7.48. The highest BCUT2D eigenvalue weighted by Crippen LogP contribution is 2.50. The van der Waals surface area contributed by atoms with Crippen LogP contribution in [0, 0.1) is 11.3 Å². The second-order valence-electron chi connectivity index (χ2n) is 15.2. The van der Waals surface area contributed by atoms with E-state index in [1.54, 1.807) is 0 Å². The lowest BCUT2D eigenvalue weighted by atomic mass is 9.81. The Morgan fingerprint density at radius 3 is 1.79 bits per heavy atom. The predicted molar refractivity (Wildman–Crippen MR) is 232 cm³/mol. The molecule has 0 fully saturated rings. The maximum Gasteiger partial charge on any atom is 0.160 e. The van der Waals surface area contributed by atoms with E-state index in [0.717, 1.165) is 66.8 Å². The molecule has 0 spiro atoms. The van der Waals surface area contributed by atoms with Crippen molar-refractivity contribution in [3.05, 3.63) is 199 Å². The fraction of sp³-hybridized carbons (Fsp3) is 0.0566. The van der Waals surface area contributed by atoms with Crippen LogP contribution in [0.15, 0.2) is 182 Å². The number of fused-ring (bicyclic) bond motifs is 4. The SMILES string of the molecule is CC1(C)c2cc(C#N)ccc2-c2ccc(-c3cc(-c4cc(-c5ccc(-c6ccccc6)cc5)nc(-c5ccccc5)n4)cc(-c4cccc5cccnc45)c3)cc21. The van der Waals surface area contributed by atoms with Gasteiger partial charge in [-0.05, 0) is 98.6 Å². The van der Waals surface area contributed by atoms with Crippen molar-refractivity contribution in [2.75, 3.05) is 0 Å². The number of rotatable bonds is 6. The number of para-hydroxylation sites is 1. The van der Waals surface area contributed by atoms with Crippen molar-refractivity contribution < 1.29 is 0 Å². The molecule has 0 N–H and O–H groups in total. The summed E-state index contributed by atoms with van der Waals surface area (Å²) >= 11 is 0. The molecule has 9 aromatic rings. The monoisotopic (exact) mass is 728 g/mol. The molecule has 4 nitrogen and oxygen atoms in total.